The predicted molar refractivity (Wildman–Crippen MR) is 158 cm³/mol. The summed E-state index contributed by atoms with van der Waals surface area (Å²) in [6.45, 7) is 4.55. The van der Waals surface area contributed by atoms with Crippen LogP contribution in [0.3, 0.4) is 0 Å². The molecule has 0 heterocycles. The molecule has 0 saturated heterocycles. The van der Waals surface area contributed by atoms with Crippen LogP contribution < -0.4 is 0 Å². The zero-order chi connectivity index (χ0) is 25.7. The van der Waals surface area contributed by atoms with Gasteiger partial charge in [-0.3, -0.25) is 4.79 Å². The highest BCUT2D eigenvalue weighted by atomic mass is 16.1. The minimum Gasteiger partial charge on any atom is -0.298 e. The molecule has 200 valence electrons. The summed E-state index contributed by atoms with van der Waals surface area (Å²) >= 11 is 0. The predicted octanol–water partition coefficient (Wildman–Crippen LogP) is 11.2. The fraction of sp³-hybridized carbons (Fsp3) is 0.629. The molecule has 0 aliphatic heterocycles. The Balaban J connectivity index is 1.96. The third kappa shape index (κ3) is 12.4. The molecule has 2 rings (SSSR count). The van der Waals surface area contributed by atoms with E-state index in [1.54, 1.807) is 0 Å². The Hall–Kier alpha value is -1.89. The van der Waals surface area contributed by atoms with Crippen molar-refractivity contribution in [3.63, 3.8) is 0 Å². The lowest BCUT2D eigenvalue weighted by Crippen LogP contribution is -2.21. The van der Waals surface area contributed by atoms with Crippen molar-refractivity contribution in [2.45, 2.75) is 141 Å². The fourth-order valence-corrected chi connectivity index (χ4v) is 5.52. The summed E-state index contributed by atoms with van der Waals surface area (Å²) in [5.74, 6) is 0.481. The van der Waals surface area contributed by atoms with Gasteiger partial charge < -0.3 is 0 Å². The number of unbranched alkanes of at least 4 members (excludes halogenated alkanes) is 14. The first-order valence-corrected chi connectivity index (χ1v) is 15.4. The van der Waals surface area contributed by atoms with Crippen LogP contribution in [-0.2, 0) is 4.79 Å². The van der Waals surface area contributed by atoms with E-state index < -0.39 is 0 Å². The lowest BCUT2D eigenvalue weighted by Gasteiger charge is -2.24. The van der Waals surface area contributed by atoms with Gasteiger partial charge >= 0.3 is 0 Å². The second-order valence-electron chi connectivity index (χ2n) is 10.9. The maximum absolute atomic E-state index is 14.1. The highest BCUT2D eigenvalue weighted by Crippen LogP contribution is 2.34. The van der Waals surface area contributed by atoms with Gasteiger partial charge in [-0.05, 0) is 24.0 Å². The zero-order valence-corrected chi connectivity index (χ0v) is 23.6. The Morgan fingerprint density at radius 1 is 0.472 bits per heavy atom. The van der Waals surface area contributed by atoms with Gasteiger partial charge in [0.25, 0.3) is 0 Å². The summed E-state index contributed by atoms with van der Waals surface area (Å²) in [4.78, 5) is 14.1. The van der Waals surface area contributed by atoms with Crippen LogP contribution in [0.2, 0.25) is 0 Å². The van der Waals surface area contributed by atoms with Gasteiger partial charge in [0.15, 0.2) is 0 Å². The van der Waals surface area contributed by atoms with Crippen LogP contribution in [0.15, 0.2) is 60.7 Å². The van der Waals surface area contributed by atoms with E-state index in [4.69, 9.17) is 0 Å². The van der Waals surface area contributed by atoms with Crippen molar-refractivity contribution in [3.05, 3.63) is 71.8 Å². The minimum absolute atomic E-state index is 0.0190. The molecule has 1 nitrogen and oxygen atoms in total. The molecule has 36 heavy (non-hydrogen) atoms. The quantitative estimate of drug-likeness (QED) is 0.150. The smallest absolute Gasteiger partial charge is 0.147 e. The van der Waals surface area contributed by atoms with E-state index >= 15 is 0 Å². The summed E-state index contributed by atoms with van der Waals surface area (Å²) in [5.41, 5.74) is 2.42. The van der Waals surface area contributed by atoms with Gasteiger partial charge in [0.1, 0.15) is 5.78 Å². The lowest BCUT2D eigenvalue weighted by atomic mass is 9.79. The van der Waals surface area contributed by atoms with Crippen molar-refractivity contribution in [1.82, 2.24) is 0 Å². The van der Waals surface area contributed by atoms with Crippen LogP contribution in [0.5, 0.6) is 0 Å². The molecular formula is C35H54O. The van der Waals surface area contributed by atoms with E-state index in [-0.39, 0.29) is 11.8 Å². The first kappa shape index (κ1) is 30.3. The standard InChI is InChI=1S/C35H54O/c1-3-5-7-9-11-13-15-23-29-33(31-25-19-17-20-26-31)35(36)34(32-27-21-18-22-28-32)30-24-16-14-12-10-8-6-4-2/h17-22,25-28,33-34H,3-16,23-24,29-30H2,1-2H3. The molecule has 0 aliphatic rings. The SMILES string of the molecule is CCCCCCCCCCC(C(=O)C(CCCCCCCCCC)c1ccccc1)c1ccccc1. The number of ketones is 1. The van der Waals surface area contributed by atoms with Crippen LogP contribution in [-0.4, -0.2) is 5.78 Å². The number of benzene rings is 2. The van der Waals surface area contributed by atoms with Crippen molar-refractivity contribution in [1.29, 1.82) is 0 Å². The molecule has 0 aromatic heterocycles. The number of rotatable bonds is 22. The van der Waals surface area contributed by atoms with Crippen molar-refractivity contribution < 1.29 is 4.79 Å². The summed E-state index contributed by atoms with van der Waals surface area (Å²) in [6.07, 6.45) is 22.9. The second kappa shape index (κ2) is 20.2. The third-order valence-electron chi connectivity index (χ3n) is 7.78. The normalized spacial score (nSPS) is 12.9. The fourth-order valence-electron chi connectivity index (χ4n) is 5.52. The van der Waals surface area contributed by atoms with Gasteiger partial charge in [0, 0.05) is 11.8 Å². The van der Waals surface area contributed by atoms with E-state index in [0.717, 1.165) is 25.7 Å². The first-order valence-electron chi connectivity index (χ1n) is 15.4. The van der Waals surface area contributed by atoms with Gasteiger partial charge in [-0.25, -0.2) is 0 Å². The van der Waals surface area contributed by atoms with Gasteiger partial charge in [-0.15, -0.1) is 0 Å². The van der Waals surface area contributed by atoms with E-state index in [1.165, 1.54) is 101 Å². The average Bonchev–Trinajstić information content (AvgIpc) is 2.92. The summed E-state index contributed by atoms with van der Waals surface area (Å²) in [5, 5.41) is 0. The van der Waals surface area contributed by atoms with Gasteiger partial charge in [-0.2, -0.15) is 0 Å². The number of carbonyl (C=O) groups is 1. The average molecular weight is 491 g/mol. The number of carbonyl (C=O) groups excluding carboxylic acids is 1. The van der Waals surface area contributed by atoms with Crippen molar-refractivity contribution in [2.75, 3.05) is 0 Å². The van der Waals surface area contributed by atoms with Crippen molar-refractivity contribution in [3.8, 4) is 0 Å². The molecule has 1 heteroatoms. The molecule has 0 spiro atoms. The van der Waals surface area contributed by atoms with Crippen LogP contribution >= 0.6 is 0 Å². The Morgan fingerprint density at radius 3 is 1.11 bits per heavy atom. The van der Waals surface area contributed by atoms with Crippen molar-refractivity contribution in [2.24, 2.45) is 0 Å². The minimum atomic E-state index is 0.0190. The molecule has 0 fully saturated rings. The highest BCUT2D eigenvalue weighted by Gasteiger charge is 2.28. The number of hydrogen-bond acceptors (Lipinski definition) is 1. The monoisotopic (exact) mass is 490 g/mol. The first-order chi connectivity index (χ1) is 17.8. The molecule has 0 radical (unpaired) electrons. The Labute approximate surface area is 223 Å². The molecule has 2 aromatic carbocycles. The Kier molecular flexibility index (Phi) is 17.0. The molecule has 0 amide bonds. The van der Waals surface area contributed by atoms with Gasteiger partial charge in [0.05, 0.1) is 0 Å². The summed E-state index contributed by atoms with van der Waals surface area (Å²) < 4.78 is 0. The second-order valence-corrected chi connectivity index (χ2v) is 10.9. The van der Waals surface area contributed by atoms with Crippen LogP contribution in [0, 0.1) is 0 Å². The lowest BCUT2D eigenvalue weighted by molar-refractivity contribution is -0.122. The molecule has 0 bridgehead atoms. The van der Waals surface area contributed by atoms with E-state index in [1.807, 2.05) is 0 Å². The van der Waals surface area contributed by atoms with Gasteiger partial charge in [0.2, 0.25) is 0 Å². The molecule has 2 aromatic rings. The third-order valence-corrected chi connectivity index (χ3v) is 7.78. The number of Topliss-reactive ketones (excluding diaryl/α,β-unsaturated/α-hetero) is 1. The topological polar surface area (TPSA) is 17.1 Å². The molecule has 2 unspecified atom stereocenters. The summed E-state index contributed by atoms with van der Waals surface area (Å²) in [6, 6.07) is 21.2. The Morgan fingerprint density at radius 2 is 0.778 bits per heavy atom. The maximum Gasteiger partial charge on any atom is 0.147 e. The molecule has 0 aliphatic carbocycles. The zero-order valence-electron chi connectivity index (χ0n) is 23.6. The van der Waals surface area contributed by atoms with E-state index in [2.05, 4.69) is 74.5 Å². The van der Waals surface area contributed by atoms with Gasteiger partial charge in [-0.1, -0.05) is 177 Å². The van der Waals surface area contributed by atoms with Crippen molar-refractivity contribution >= 4 is 5.78 Å². The maximum atomic E-state index is 14.1. The molecule has 0 N–H and O–H groups in total. The Bertz CT molecular complexity index is 700. The van der Waals surface area contributed by atoms with E-state index in [9.17, 15) is 4.79 Å². The molecule has 2 atom stereocenters. The van der Waals surface area contributed by atoms with E-state index in [0.29, 0.717) is 5.78 Å². The molecular weight excluding hydrogens is 436 g/mol. The van der Waals surface area contributed by atoms with Crippen LogP contribution in [0.25, 0.3) is 0 Å². The largest absolute Gasteiger partial charge is 0.298 e. The highest BCUT2D eigenvalue weighted by molar-refractivity contribution is 5.91. The van der Waals surface area contributed by atoms with Crippen LogP contribution in [0.4, 0.5) is 0 Å². The van der Waals surface area contributed by atoms with Crippen LogP contribution in [0.1, 0.15) is 152 Å². The number of hydrogen-bond donors (Lipinski definition) is 0. The molecule has 0 saturated carbocycles. The summed E-state index contributed by atoms with van der Waals surface area (Å²) in [7, 11) is 0.